The highest BCUT2D eigenvalue weighted by Gasteiger charge is 2.27. The zero-order valence-corrected chi connectivity index (χ0v) is 11.2. The smallest absolute Gasteiger partial charge is 0.240 e. The van der Waals surface area contributed by atoms with Crippen molar-refractivity contribution < 1.29 is 14.4 Å². The van der Waals surface area contributed by atoms with E-state index in [0.717, 1.165) is 12.8 Å². The molecule has 7 nitrogen and oxygen atoms in total. The Labute approximate surface area is 112 Å². The van der Waals surface area contributed by atoms with Crippen molar-refractivity contribution in [2.24, 2.45) is 17.4 Å². The number of rotatable bonds is 5. The van der Waals surface area contributed by atoms with Gasteiger partial charge < -0.3 is 21.7 Å². The Morgan fingerprint density at radius 1 is 1.32 bits per heavy atom. The van der Waals surface area contributed by atoms with Crippen molar-refractivity contribution in [1.29, 1.82) is 0 Å². The summed E-state index contributed by atoms with van der Waals surface area (Å²) in [6.45, 7) is 3.34. The van der Waals surface area contributed by atoms with Crippen LogP contribution in [-0.2, 0) is 14.4 Å². The zero-order valence-electron chi connectivity index (χ0n) is 11.2. The molecule has 0 aliphatic carbocycles. The number of hydrogen-bond acceptors (Lipinski definition) is 4. The average molecular weight is 270 g/mol. The van der Waals surface area contributed by atoms with Gasteiger partial charge in [-0.15, -0.1) is 0 Å². The van der Waals surface area contributed by atoms with Crippen LogP contribution in [0.5, 0.6) is 0 Å². The molecule has 0 aromatic carbocycles. The van der Waals surface area contributed by atoms with E-state index in [9.17, 15) is 14.4 Å². The monoisotopic (exact) mass is 270 g/mol. The second kappa shape index (κ2) is 7.08. The summed E-state index contributed by atoms with van der Waals surface area (Å²) in [5, 5.41) is 2.78. The Kier molecular flexibility index (Phi) is 5.75. The van der Waals surface area contributed by atoms with Gasteiger partial charge in [0.15, 0.2) is 0 Å². The minimum Gasteiger partial charge on any atom is -0.370 e. The van der Waals surface area contributed by atoms with Crippen LogP contribution in [0.2, 0.25) is 0 Å². The van der Waals surface area contributed by atoms with Gasteiger partial charge in [-0.25, -0.2) is 0 Å². The van der Waals surface area contributed by atoms with Crippen LogP contribution < -0.4 is 16.8 Å². The number of nitrogens with one attached hydrogen (secondary N) is 1. The zero-order chi connectivity index (χ0) is 14.4. The first kappa shape index (κ1) is 15.4. The van der Waals surface area contributed by atoms with Crippen LogP contribution in [0.15, 0.2) is 0 Å². The van der Waals surface area contributed by atoms with Gasteiger partial charge in [-0.3, -0.25) is 14.4 Å². The molecule has 1 unspecified atom stereocenters. The summed E-state index contributed by atoms with van der Waals surface area (Å²) < 4.78 is 0. The van der Waals surface area contributed by atoms with E-state index < -0.39 is 11.9 Å². The molecule has 1 heterocycles. The molecule has 0 bridgehead atoms. The summed E-state index contributed by atoms with van der Waals surface area (Å²) in [5.41, 5.74) is 10.7. The van der Waals surface area contributed by atoms with Gasteiger partial charge >= 0.3 is 0 Å². The number of nitrogens with zero attached hydrogens (tertiary/aromatic N) is 1. The third kappa shape index (κ3) is 5.25. The number of primary amides is 1. The SMILES string of the molecule is CC(=O)NCC1CCN(C(=O)C(N)CC(N)=O)CC1. The fourth-order valence-corrected chi connectivity index (χ4v) is 2.18. The lowest BCUT2D eigenvalue weighted by Gasteiger charge is -2.33. The highest BCUT2D eigenvalue weighted by Crippen LogP contribution is 2.17. The molecule has 7 heteroatoms. The number of likely N-dealkylation sites (tertiary alicyclic amines) is 1. The lowest BCUT2D eigenvalue weighted by molar-refractivity contribution is -0.136. The van der Waals surface area contributed by atoms with Gasteiger partial charge in [-0.05, 0) is 18.8 Å². The van der Waals surface area contributed by atoms with E-state index in [1.54, 1.807) is 4.90 Å². The highest BCUT2D eigenvalue weighted by molar-refractivity contribution is 5.87. The van der Waals surface area contributed by atoms with Crippen molar-refractivity contribution in [1.82, 2.24) is 10.2 Å². The van der Waals surface area contributed by atoms with Crippen LogP contribution in [0.3, 0.4) is 0 Å². The minimum absolute atomic E-state index is 0.0398. The molecule has 1 saturated heterocycles. The third-order valence-corrected chi connectivity index (χ3v) is 3.30. The van der Waals surface area contributed by atoms with Crippen LogP contribution in [-0.4, -0.2) is 48.3 Å². The Morgan fingerprint density at radius 3 is 2.37 bits per heavy atom. The fraction of sp³-hybridized carbons (Fsp3) is 0.750. The van der Waals surface area contributed by atoms with Gasteiger partial charge in [0.1, 0.15) is 0 Å². The lowest BCUT2D eigenvalue weighted by atomic mass is 9.96. The van der Waals surface area contributed by atoms with Gasteiger partial charge in [-0.2, -0.15) is 0 Å². The van der Waals surface area contributed by atoms with Crippen LogP contribution in [0.4, 0.5) is 0 Å². The summed E-state index contributed by atoms with van der Waals surface area (Å²) in [4.78, 5) is 35.1. The van der Waals surface area contributed by atoms with Crippen molar-refractivity contribution in [2.75, 3.05) is 19.6 Å². The molecule has 0 aromatic rings. The Bertz CT molecular complexity index is 351. The van der Waals surface area contributed by atoms with Crippen molar-refractivity contribution in [3.05, 3.63) is 0 Å². The first-order chi connectivity index (χ1) is 8.90. The summed E-state index contributed by atoms with van der Waals surface area (Å²) in [5.74, 6) is -0.444. The van der Waals surface area contributed by atoms with E-state index in [2.05, 4.69) is 5.32 Å². The maximum Gasteiger partial charge on any atom is 0.240 e. The van der Waals surface area contributed by atoms with Gasteiger partial charge in [0.05, 0.1) is 12.5 Å². The van der Waals surface area contributed by atoms with Crippen LogP contribution in [0.25, 0.3) is 0 Å². The number of carbonyl (C=O) groups excluding carboxylic acids is 3. The van der Waals surface area contributed by atoms with Gasteiger partial charge in [0, 0.05) is 26.6 Å². The molecule has 1 rings (SSSR count). The van der Waals surface area contributed by atoms with Crippen LogP contribution in [0, 0.1) is 5.92 Å². The van der Waals surface area contributed by atoms with Crippen molar-refractivity contribution in [2.45, 2.75) is 32.2 Å². The first-order valence-corrected chi connectivity index (χ1v) is 6.47. The number of piperidine rings is 1. The van der Waals surface area contributed by atoms with Gasteiger partial charge in [0.25, 0.3) is 0 Å². The minimum atomic E-state index is -0.843. The van der Waals surface area contributed by atoms with Crippen LogP contribution in [0.1, 0.15) is 26.2 Å². The van der Waals surface area contributed by atoms with E-state index in [1.807, 2.05) is 0 Å². The summed E-state index contributed by atoms with van der Waals surface area (Å²) >= 11 is 0. The van der Waals surface area contributed by atoms with Gasteiger partial charge in [-0.1, -0.05) is 0 Å². The largest absolute Gasteiger partial charge is 0.370 e. The Hall–Kier alpha value is -1.63. The number of amides is 3. The number of carbonyl (C=O) groups is 3. The second-order valence-electron chi connectivity index (χ2n) is 4.98. The molecule has 108 valence electrons. The molecular formula is C12H22N4O3. The highest BCUT2D eigenvalue weighted by atomic mass is 16.2. The third-order valence-electron chi connectivity index (χ3n) is 3.30. The van der Waals surface area contributed by atoms with Crippen molar-refractivity contribution in [3.8, 4) is 0 Å². The topological polar surface area (TPSA) is 119 Å². The number of nitrogens with two attached hydrogens (primary N) is 2. The molecule has 1 aliphatic heterocycles. The maximum absolute atomic E-state index is 11.9. The van der Waals surface area contributed by atoms with Crippen LogP contribution >= 0.6 is 0 Å². The first-order valence-electron chi connectivity index (χ1n) is 6.47. The molecule has 5 N–H and O–H groups in total. The molecule has 3 amide bonds. The molecular weight excluding hydrogens is 248 g/mol. The molecule has 1 atom stereocenters. The van der Waals surface area contributed by atoms with Crippen molar-refractivity contribution in [3.63, 3.8) is 0 Å². The van der Waals surface area contributed by atoms with E-state index in [1.165, 1.54) is 6.92 Å². The normalized spacial score (nSPS) is 17.9. The molecule has 0 saturated carbocycles. The molecule has 0 spiro atoms. The Balaban J connectivity index is 2.34. The molecule has 19 heavy (non-hydrogen) atoms. The van der Waals surface area contributed by atoms with E-state index in [4.69, 9.17) is 11.5 Å². The van der Waals surface area contributed by atoms with E-state index in [-0.39, 0.29) is 18.2 Å². The fourth-order valence-electron chi connectivity index (χ4n) is 2.18. The standard InChI is InChI=1S/C12H22N4O3/c1-8(17)15-7-9-2-4-16(5-3-9)12(19)10(13)6-11(14)18/h9-10H,2-7,13H2,1H3,(H2,14,18)(H,15,17). The van der Waals surface area contributed by atoms with E-state index in [0.29, 0.717) is 25.6 Å². The van der Waals surface area contributed by atoms with Crippen molar-refractivity contribution >= 4 is 17.7 Å². The molecule has 1 aliphatic rings. The average Bonchev–Trinajstić information content (AvgIpc) is 2.35. The van der Waals surface area contributed by atoms with Gasteiger partial charge in [0.2, 0.25) is 17.7 Å². The predicted molar refractivity (Wildman–Crippen MR) is 69.8 cm³/mol. The summed E-state index contributed by atoms with van der Waals surface area (Å²) in [6, 6.07) is -0.843. The summed E-state index contributed by atoms with van der Waals surface area (Å²) in [7, 11) is 0. The maximum atomic E-state index is 11.9. The van der Waals surface area contributed by atoms with E-state index >= 15 is 0 Å². The molecule has 0 aromatic heterocycles. The second-order valence-corrected chi connectivity index (χ2v) is 4.98. The number of hydrogen-bond donors (Lipinski definition) is 3. The molecule has 1 fully saturated rings. The predicted octanol–water partition coefficient (Wildman–Crippen LogP) is -1.44. The quantitative estimate of drug-likeness (QED) is 0.567. The summed E-state index contributed by atoms with van der Waals surface area (Å²) in [6.07, 6.45) is 1.54. The lowest BCUT2D eigenvalue weighted by Crippen LogP contribution is -2.49. The molecule has 0 radical (unpaired) electrons. The Morgan fingerprint density at radius 2 is 1.89 bits per heavy atom.